The Balaban J connectivity index is 1.83. The number of sulfone groups is 2. The minimum absolute atomic E-state index is 0.0529. The van der Waals surface area contributed by atoms with Gasteiger partial charge < -0.3 is 10.1 Å². The molecule has 3 rings (SSSR count). The summed E-state index contributed by atoms with van der Waals surface area (Å²) in [6.45, 7) is 0. The molecule has 1 amide bonds. The molecule has 1 heterocycles. The van der Waals surface area contributed by atoms with Crippen molar-refractivity contribution in [1.29, 1.82) is 0 Å². The number of methoxy groups -OCH3 is 1. The quantitative estimate of drug-likeness (QED) is 0.808. The van der Waals surface area contributed by atoms with Crippen LogP contribution in [0.25, 0.3) is 0 Å². The largest absolute Gasteiger partial charge is 0.497 e. The fourth-order valence-electron chi connectivity index (χ4n) is 2.92. The standard InChI is InChI=1S/C18H19NO6S2/c1-25-15-6-3-5-14(11-15)19-18(20)13-4-2-7-16(10-13)27(23,24)17-8-9-26(21,22)12-17/h2-7,10-11,17H,8-9,12H2,1H3,(H,19,20). The van der Waals surface area contributed by atoms with E-state index in [4.69, 9.17) is 4.74 Å². The lowest BCUT2D eigenvalue weighted by molar-refractivity contribution is 0.102. The number of amides is 1. The topological polar surface area (TPSA) is 107 Å². The van der Waals surface area contributed by atoms with Crippen LogP contribution in [0.15, 0.2) is 53.4 Å². The molecule has 1 aliphatic heterocycles. The van der Waals surface area contributed by atoms with Gasteiger partial charge >= 0.3 is 0 Å². The molecule has 0 aromatic heterocycles. The van der Waals surface area contributed by atoms with Crippen LogP contribution in [-0.4, -0.2) is 46.6 Å². The van der Waals surface area contributed by atoms with Crippen molar-refractivity contribution in [1.82, 2.24) is 0 Å². The maximum Gasteiger partial charge on any atom is 0.255 e. The van der Waals surface area contributed by atoms with Crippen molar-refractivity contribution in [3.63, 3.8) is 0 Å². The van der Waals surface area contributed by atoms with Crippen molar-refractivity contribution in [2.24, 2.45) is 0 Å². The predicted octanol–water partition coefficient (Wildman–Crippen LogP) is 1.91. The molecule has 0 aliphatic carbocycles. The molecule has 7 nitrogen and oxygen atoms in total. The summed E-state index contributed by atoms with van der Waals surface area (Å²) >= 11 is 0. The van der Waals surface area contributed by atoms with Crippen molar-refractivity contribution < 1.29 is 26.4 Å². The van der Waals surface area contributed by atoms with Crippen molar-refractivity contribution in [2.75, 3.05) is 23.9 Å². The van der Waals surface area contributed by atoms with Crippen LogP contribution in [0.1, 0.15) is 16.8 Å². The number of nitrogens with one attached hydrogen (secondary N) is 1. The van der Waals surface area contributed by atoms with Crippen LogP contribution < -0.4 is 10.1 Å². The van der Waals surface area contributed by atoms with Crippen LogP contribution >= 0.6 is 0 Å². The normalized spacial score (nSPS) is 18.8. The first-order valence-corrected chi connectivity index (χ1v) is 11.6. The highest BCUT2D eigenvalue weighted by molar-refractivity contribution is 7.96. The first kappa shape index (κ1) is 19.4. The summed E-state index contributed by atoms with van der Waals surface area (Å²) in [7, 11) is -5.65. The Morgan fingerprint density at radius 3 is 2.56 bits per heavy atom. The summed E-state index contributed by atoms with van der Waals surface area (Å²) in [5.74, 6) is -0.409. The first-order valence-electron chi connectivity index (χ1n) is 8.21. The highest BCUT2D eigenvalue weighted by atomic mass is 32.2. The summed E-state index contributed by atoms with van der Waals surface area (Å²) in [6, 6.07) is 12.4. The zero-order chi connectivity index (χ0) is 19.7. The van der Waals surface area contributed by atoms with Crippen LogP contribution in [0.2, 0.25) is 0 Å². The molecule has 9 heteroatoms. The molecule has 1 fully saturated rings. The van der Waals surface area contributed by atoms with E-state index in [0.717, 1.165) is 0 Å². The molecule has 2 aromatic rings. The van der Waals surface area contributed by atoms with Gasteiger partial charge in [-0.15, -0.1) is 0 Å². The van der Waals surface area contributed by atoms with E-state index in [1.807, 2.05) is 0 Å². The van der Waals surface area contributed by atoms with E-state index in [1.165, 1.54) is 31.4 Å². The van der Waals surface area contributed by atoms with Crippen LogP contribution in [0, 0.1) is 0 Å². The Morgan fingerprint density at radius 2 is 1.89 bits per heavy atom. The van der Waals surface area contributed by atoms with Gasteiger partial charge in [0, 0.05) is 17.3 Å². The number of ether oxygens (including phenoxy) is 1. The second kappa shape index (κ2) is 7.32. The maximum atomic E-state index is 12.7. The molecule has 0 bridgehead atoms. The van der Waals surface area contributed by atoms with Crippen molar-refractivity contribution >= 4 is 31.3 Å². The van der Waals surface area contributed by atoms with Gasteiger partial charge in [-0.3, -0.25) is 4.79 Å². The van der Waals surface area contributed by atoms with Crippen molar-refractivity contribution in [3.8, 4) is 5.75 Å². The summed E-state index contributed by atoms with van der Waals surface area (Å²) in [4.78, 5) is 12.4. The molecule has 0 radical (unpaired) electrons. The molecule has 1 atom stereocenters. The summed E-state index contributed by atoms with van der Waals surface area (Å²) in [6.07, 6.45) is 0.0743. The second-order valence-electron chi connectivity index (χ2n) is 6.28. The van der Waals surface area contributed by atoms with Crippen LogP contribution in [0.4, 0.5) is 5.69 Å². The van der Waals surface area contributed by atoms with Crippen molar-refractivity contribution in [3.05, 3.63) is 54.1 Å². The van der Waals surface area contributed by atoms with Crippen LogP contribution in [-0.2, 0) is 19.7 Å². The molecular formula is C18H19NO6S2. The molecule has 1 N–H and O–H groups in total. The number of anilines is 1. The number of benzene rings is 2. The van der Waals surface area contributed by atoms with Crippen LogP contribution in [0.3, 0.4) is 0 Å². The average Bonchev–Trinajstić information content (AvgIpc) is 3.02. The Kier molecular flexibility index (Phi) is 5.25. The minimum Gasteiger partial charge on any atom is -0.497 e. The lowest BCUT2D eigenvalue weighted by Gasteiger charge is -2.12. The van der Waals surface area contributed by atoms with E-state index in [2.05, 4.69) is 5.32 Å². The molecule has 1 aliphatic rings. The third-order valence-corrected chi connectivity index (χ3v) is 8.55. The Labute approximate surface area is 158 Å². The average molecular weight is 409 g/mol. The van der Waals surface area contributed by atoms with E-state index in [-0.39, 0.29) is 28.4 Å². The van der Waals surface area contributed by atoms with Gasteiger partial charge in [-0.25, -0.2) is 16.8 Å². The number of rotatable bonds is 5. The predicted molar refractivity (Wildman–Crippen MR) is 102 cm³/mol. The molecule has 0 spiro atoms. The first-order chi connectivity index (χ1) is 12.7. The van der Waals surface area contributed by atoms with Gasteiger partial charge in [0.2, 0.25) is 0 Å². The molecule has 144 valence electrons. The highest BCUT2D eigenvalue weighted by Gasteiger charge is 2.38. The summed E-state index contributed by atoms with van der Waals surface area (Å²) in [5.41, 5.74) is 0.675. The molecule has 1 saturated heterocycles. The summed E-state index contributed by atoms with van der Waals surface area (Å²) in [5, 5.41) is 1.71. The summed E-state index contributed by atoms with van der Waals surface area (Å²) < 4.78 is 53.8. The number of carbonyl (C=O) groups excluding carboxylic acids is 1. The maximum absolute atomic E-state index is 12.7. The lowest BCUT2D eigenvalue weighted by atomic mass is 10.2. The van der Waals surface area contributed by atoms with Gasteiger partial charge in [-0.2, -0.15) is 0 Å². The van der Waals surface area contributed by atoms with E-state index in [0.29, 0.717) is 11.4 Å². The monoisotopic (exact) mass is 409 g/mol. The van der Waals surface area contributed by atoms with E-state index in [9.17, 15) is 21.6 Å². The van der Waals surface area contributed by atoms with Gasteiger partial charge in [0.05, 0.1) is 28.8 Å². The Morgan fingerprint density at radius 1 is 1.15 bits per heavy atom. The zero-order valence-electron chi connectivity index (χ0n) is 14.6. The van der Waals surface area contributed by atoms with E-state index in [1.54, 1.807) is 24.3 Å². The number of carbonyl (C=O) groups is 1. The Bertz CT molecular complexity index is 1080. The molecule has 2 aromatic carbocycles. The Hall–Kier alpha value is -2.39. The van der Waals surface area contributed by atoms with E-state index < -0.39 is 30.8 Å². The molecular weight excluding hydrogens is 390 g/mol. The fraction of sp³-hybridized carbons (Fsp3) is 0.278. The third-order valence-electron chi connectivity index (χ3n) is 4.38. The number of hydrogen-bond donors (Lipinski definition) is 1. The SMILES string of the molecule is COc1cccc(NC(=O)c2cccc(S(=O)(=O)C3CCS(=O)(=O)C3)c2)c1. The van der Waals surface area contributed by atoms with Gasteiger partial charge in [-0.1, -0.05) is 12.1 Å². The smallest absolute Gasteiger partial charge is 0.255 e. The van der Waals surface area contributed by atoms with Gasteiger partial charge in [0.15, 0.2) is 19.7 Å². The van der Waals surface area contributed by atoms with E-state index >= 15 is 0 Å². The number of hydrogen-bond acceptors (Lipinski definition) is 6. The fourth-order valence-corrected chi connectivity index (χ4v) is 7.32. The van der Waals surface area contributed by atoms with Crippen LogP contribution in [0.5, 0.6) is 5.75 Å². The van der Waals surface area contributed by atoms with Gasteiger partial charge in [0.1, 0.15) is 5.75 Å². The van der Waals surface area contributed by atoms with Crippen molar-refractivity contribution in [2.45, 2.75) is 16.6 Å². The molecule has 0 saturated carbocycles. The zero-order valence-corrected chi connectivity index (χ0v) is 16.2. The lowest BCUT2D eigenvalue weighted by Crippen LogP contribution is -2.23. The van der Waals surface area contributed by atoms with Gasteiger partial charge in [-0.05, 0) is 36.8 Å². The highest BCUT2D eigenvalue weighted by Crippen LogP contribution is 2.26. The second-order valence-corrected chi connectivity index (χ2v) is 10.7. The third kappa shape index (κ3) is 4.30. The molecule has 1 unspecified atom stereocenters. The minimum atomic E-state index is -3.83. The van der Waals surface area contributed by atoms with Gasteiger partial charge in [0.25, 0.3) is 5.91 Å². The molecule has 27 heavy (non-hydrogen) atoms.